The van der Waals surface area contributed by atoms with Gasteiger partial charge in [0.2, 0.25) is 0 Å². The molecular weight excluding hydrogens is 221 g/mol. The van der Waals surface area contributed by atoms with Crippen molar-refractivity contribution in [3.63, 3.8) is 0 Å². The number of halogens is 1. The first-order valence-electron chi connectivity index (χ1n) is 5.84. The SMILES string of the molecule is CCCC(NCCc1ccccc1F)C(=O)O. The molecule has 0 aliphatic carbocycles. The minimum atomic E-state index is -0.847. The summed E-state index contributed by atoms with van der Waals surface area (Å²) in [4.78, 5) is 10.9. The highest BCUT2D eigenvalue weighted by molar-refractivity contribution is 5.73. The number of aliphatic carboxylic acids is 1. The molecule has 0 radical (unpaired) electrons. The first kappa shape index (κ1) is 13.6. The molecule has 1 aromatic carbocycles. The van der Waals surface area contributed by atoms with E-state index in [-0.39, 0.29) is 5.82 Å². The number of carboxylic acid groups (broad SMARTS) is 1. The Morgan fingerprint density at radius 3 is 2.76 bits per heavy atom. The second-order valence-electron chi connectivity index (χ2n) is 3.98. The van der Waals surface area contributed by atoms with Crippen molar-refractivity contribution in [2.75, 3.05) is 6.54 Å². The van der Waals surface area contributed by atoms with Gasteiger partial charge in [0, 0.05) is 6.54 Å². The van der Waals surface area contributed by atoms with Gasteiger partial charge in [0.15, 0.2) is 0 Å². The Hall–Kier alpha value is -1.42. The van der Waals surface area contributed by atoms with Crippen LogP contribution in [0.5, 0.6) is 0 Å². The molecule has 1 atom stereocenters. The number of carbonyl (C=O) groups is 1. The molecule has 2 N–H and O–H groups in total. The lowest BCUT2D eigenvalue weighted by atomic mass is 10.1. The van der Waals surface area contributed by atoms with E-state index in [1.165, 1.54) is 6.07 Å². The van der Waals surface area contributed by atoms with Crippen molar-refractivity contribution < 1.29 is 14.3 Å². The van der Waals surface area contributed by atoms with E-state index in [1.54, 1.807) is 18.2 Å². The van der Waals surface area contributed by atoms with E-state index in [0.29, 0.717) is 24.9 Å². The maximum atomic E-state index is 13.3. The first-order valence-corrected chi connectivity index (χ1v) is 5.84. The Morgan fingerprint density at radius 2 is 2.18 bits per heavy atom. The van der Waals surface area contributed by atoms with Crippen molar-refractivity contribution >= 4 is 5.97 Å². The average molecular weight is 239 g/mol. The molecule has 0 aliphatic rings. The topological polar surface area (TPSA) is 49.3 Å². The van der Waals surface area contributed by atoms with Crippen LogP contribution < -0.4 is 5.32 Å². The van der Waals surface area contributed by atoms with Crippen LogP contribution in [0.25, 0.3) is 0 Å². The fraction of sp³-hybridized carbons (Fsp3) is 0.462. The van der Waals surface area contributed by atoms with Gasteiger partial charge in [0.1, 0.15) is 11.9 Å². The second kappa shape index (κ2) is 7.01. The van der Waals surface area contributed by atoms with Gasteiger partial charge in [0.05, 0.1) is 0 Å². The fourth-order valence-corrected chi connectivity index (χ4v) is 1.68. The van der Waals surface area contributed by atoms with Gasteiger partial charge in [-0.2, -0.15) is 0 Å². The molecule has 0 spiro atoms. The number of benzene rings is 1. The van der Waals surface area contributed by atoms with Crippen LogP contribution in [0.3, 0.4) is 0 Å². The molecule has 0 aliphatic heterocycles. The quantitative estimate of drug-likeness (QED) is 0.767. The van der Waals surface area contributed by atoms with E-state index >= 15 is 0 Å². The summed E-state index contributed by atoms with van der Waals surface area (Å²) in [5.41, 5.74) is 0.612. The van der Waals surface area contributed by atoms with Crippen molar-refractivity contribution in [2.24, 2.45) is 0 Å². The number of hydrogen-bond acceptors (Lipinski definition) is 2. The molecule has 0 fully saturated rings. The fourth-order valence-electron chi connectivity index (χ4n) is 1.68. The third-order valence-corrected chi connectivity index (χ3v) is 2.62. The number of nitrogens with one attached hydrogen (secondary N) is 1. The lowest BCUT2D eigenvalue weighted by Gasteiger charge is -2.13. The standard InChI is InChI=1S/C13H18FNO2/c1-2-5-12(13(16)17)15-9-8-10-6-3-4-7-11(10)14/h3-4,6-7,12,15H,2,5,8-9H2,1H3,(H,16,17). The van der Waals surface area contributed by atoms with E-state index in [0.717, 1.165) is 6.42 Å². The molecule has 4 heteroatoms. The van der Waals surface area contributed by atoms with Crippen molar-refractivity contribution in [1.29, 1.82) is 0 Å². The van der Waals surface area contributed by atoms with E-state index in [1.807, 2.05) is 6.92 Å². The monoisotopic (exact) mass is 239 g/mol. The van der Waals surface area contributed by atoms with Crippen molar-refractivity contribution in [2.45, 2.75) is 32.2 Å². The average Bonchev–Trinajstić information content (AvgIpc) is 2.30. The summed E-state index contributed by atoms with van der Waals surface area (Å²) in [6.07, 6.45) is 1.90. The lowest BCUT2D eigenvalue weighted by molar-refractivity contribution is -0.139. The summed E-state index contributed by atoms with van der Waals surface area (Å²) >= 11 is 0. The first-order chi connectivity index (χ1) is 8.15. The second-order valence-corrected chi connectivity index (χ2v) is 3.98. The number of carboxylic acids is 1. The van der Waals surface area contributed by atoms with Gasteiger partial charge in [-0.3, -0.25) is 4.79 Å². The largest absolute Gasteiger partial charge is 0.480 e. The number of rotatable bonds is 7. The molecule has 0 heterocycles. The van der Waals surface area contributed by atoms with Crippen LogP contribution in [0.2, 0.25) is 0 Å². The third kappa shape index (κ3) is 4.53. The molecule has 1 unspecified atom stereocenters. The van der Waals surface area contributed by atoms with Crippen LogP contribution in [0.4, 0.5) is 4.39 Å². The third-order valence-electron chi connectivity index (χ3n) is 2.62. The van der Waals surface area contributed by atoms with Crippen LogP contribution in [0, 0.1) is 5.82 Å². The summed E-state index contributed by atoms with van der Waals surface area (Å²) in [7, 11) is 0. The van der Waals surface area contributed by atoms with Crippen LogP contribution in [-0.2, 0) is 11.2 Å². The summed E-state index contributed by atoms with van der Waals surface area (Å²) in [6.45, 7) is 2.41. The molecule has 3 nitrogen and oxygen atoms in total. The van der Waals surface area contributed by atoms with Crippen molar-refractivity contribution in [3.8, 4) is 0 Å². The summed E-state index contributed by atoms with van der Waals surface area (Å²) < 4.78 is 13.3. The molecule has 0 bridgehead atoms. The molecule has 0 saturated heterocycles. The Balaban J connectivity index is 2.41. The molecule has 1 aromatic rings. The van der Waals surface area contributed by atoms with Gasteiger partial charge in [-0.25, -0.2) is 4.39 Å². The summed E-state index contributed by atoms with van der Waals surface area (Å²) in [5.74, 6) is -1.09. The van der Waals surface area contributed by atoms with E-state index in [9.17, 15) is 9.18 Å². The van der Waals surface area contributed by atoms with Crippen molar-refractivity contribution in [1.82, 2.24) is 5.32 Å². The van der Waals surface area contributed by atoms with Crippen LogP contribution >= 0.6 is 0 Å². The van der Waals surface area contributed by atoms with E-state index in [4.69, 9.17) is 5.11 Å². The maximum absolute atomic E-state index is 13.3. The van der Waals surface area contributed by atoms with Gasteiger partial charge in [-0.15, -0.1) is 0 Å². The van der Waals surface area contributed by atoms with Gasteiger partial charge in [-0.05, 0) is 24.5 Å². The van der Waals surface area contributed by atoms with Gasteiger partial charge >= 0.3 is 5.97 Å². The molecule has 17 heavy (non-hydrogen) atoms. The molecule has 0 amide bonds. The highest BCUT2D eigenvalue weighted by Gasteiger charge is 2.14. The normalized spacial score (nSPS) is 12.4. The molecule has 1 rings (SSSR count). The van der Waals surface area contributed by atoms with Crippen LogP contribution in [-0.4, -0.2) is 23.7 Å². The Bertz CT molecular complexity index is 368. The van der Waals surface area contributed by atoms with E-state index < -0.39 is 12.0 Å². The highest BCUT2D eigenvalue weighted by Crippen LogP contribution is 2.06. The predicted octanol–water partition coefficient (Wildman–Crippen LogP) is 2.21. The Labute approximate surface area is 101 Å². The maximum Gasteiger partial charge on any atom is 0.320 e. The summed E-state index contributed by atoms with van der Waals surface area (Å²) in [6, 6.07) is 6.01. The molecule has 0 saturated carbocycles. The predicted molar refractivity (Wildman–Crippen MR) is 64.4 cm³/mol. The molecule has 94 valence electrons. The zero-order chi connectivity index (χ0) is 12.7. The van der Waals surface area contributed by atoms with Gasteiger partial charge in [0.25, 0.3) is 0 Å². The van der Waals surface area contributed by atoms with Crippen LogP contribution in [0.15, 0.2) is 24.3 Å². The Kier molecular flexibility index (Phi) is 5.63. The highest BCUT2D eigenvalue weighted by atomic mass is 19.1. The Morgan fingerprint density at radius 1 is 1.47 bits per heavy atom. The van der Waals surface area contributed by atoms with Crippen LogP contribution in [0.1, 0.15) is 25.3 Å². The number of hydrogen-bond donors (Lipinski definition) is 2. The zero-order valence-corrected chi connectivity index (χ0v) is 9.95. The van der Waals surface area contributed by atoms with Gasteiger partial charge < -0.3 is 10.4 Å². The minimum absolute atomic E-state index is 0.239. The van der Waals surface area contributed by atoms with Crippen molar-refractivity contribution in [3.05, 3.63) is 35.6 Å². The van der Waals surface area contributed by atoms with Gasteiger partial charge in [-0.1, -0.05) is 31.5 Å². The minimum Gasteiger partial charge on any atom is -0.480 e. The zero-order valence-electron chi connectivity index (χ0n) is 9.95. The molecular formula is C13H18FNO2. The lowest BCUT2D eigenvalue weighted by Crippen LogP contribution is -2.37. The van der Waals surface area contributed by atoms with E-state index in [2.05, 4.69) is 5.32 Å². The smallest absolute Gasteiger partial charge is 0.320 e. The summed E-state index contributed by atoms with van der Waals surface area (Å²) in [5, 5.41) is 11.8. The molecule has 0 aromatic heterocycles.